The molecule has 10 heteroatoms. The summed E-state index contributed by atoms with van der Waals surface area (Å²) in [6.45, 7) is 9.51. The van der Waals surface area contributed by atoms with Crippen molar-refractivity contribution in [3.8, 4) is 22.9 Å². The van der Waals surface area contributed by atoms with Gasteiger partial charge in [0.25, 0.3) is 5.91 Å². The quantitative estimate of drug-likeness (QED) is 0.444. The van der Waals surface area contributed by atoms with Crippen LogP contribution < -0.4 is 19.7 Å². The van der Waals surface area contributed by atoms with Crippen LogP contribution in [0.2, 0.25) is 0 Å². The number of carbonyl (C=O) groups is 2. The van der Waals surface area contributed by atoms with E-state index in [1.165, 1.54) is 4.80 Å². The Kier molecular flexibility index (Phi) is 8.86. The van der Waals surface area contributed by atoms with Crippen molar-refractivity contribution in [1.29, 1.82) is 0 Å². The van der Waals surface area contributed by atoms with Crippen LogP contribution in [0.15, 0.2) is 42.5 Å². The monoisotopic (exact) mass is 508 g/mol. The Hall–Kier alpha value is -3.95. The molecule has 10 nitrogen and oxygen atoms in total. The SMILES string of the molecule is CCC[C@H](C(=O)NC(C)(C)C)N(C(=O)Cn1nnc(-c2ccc(OC)c(OC)c2)n1)c1cccc(C)c1. The Balaban J connectivity index is 1.92. The average molecular weight is 509 g/mol. The molecule has 1 heterocycles. The van der Waals surface area contributed by atoms with Gasteiger partial charge in [0.1, 0.15) is 12.6 Å². The molecule has 3 aromatic rings. The summed E-state index contributed by atoms with van der Waals surface area (Å²) in [5.74, 6) is 0.931. The largest absolute Gasteiger partial charge is 0.493 e. The minimum absolute atomic E-state index is 0.183. The van der Waals surface area contributed by atoms with E-state index in [0.29, 0.717) is 35.0 Å². The highest BCUT2D eigenvalue weighted by atomic mass is 16.5. The molecular formula is C27H36N6O4. The fourth-order valence-electron chi connectivity index (χ4n) is 3.98. The first-order valence-electron chi connectivity index (χ1n) is 12.3. The highest BCUT2D eigenvalue weighted by Crippen LogP contribution is 2.30. The summed E-state index contributed by atoms with van der Waals surface area (Å²) in [7, 11) is 3.11. The fraction of sp³-hybridized carbons (Fsp3) is 0.444. The normalized spacial score (nSPS) is 12.1. The molecule has 0 unspecified atom stereocenters. The van der Waals surface area contributed by atoms with Crippen LogP contribution in [-0.2, 0) is 16.1 Å². The number of nitrogens with one attached hydrogen (secondary N) is 1. The topological polar surface area (TPSA) is 111 Å². The molecule has 0 bridgehead atoms. The predicted octanol–water partition coefficient (Wildman–Crippen LogP) is 3.78. The van der Waals surface area contributed by atoms with E-state index in [1.807, 2.05) is 58.9 Å². The number of aryl methyl sites for hydroxylation is 1. The van der Waals surface area contributed by atoms with E-state index >= 15 is 0 Å². The smallest absolute Gasteiger partial charge is 0.251 e. The van der Waals surface area contributed by atoms with E-state index in [4.69, 9.17) is 9.47 Å². The second kappa shape index (κ2) is 11.9. The number of rotatable bonds is 10. The van der Waals surface area contributed by atoms with Crippen molar-refractivity contribution in [3.63, 3.8) is 0 Å². The number of hydrogen-bond donors (Lipinski definition) is 1. The van der Waals surface area contributed by atoms with Gasteiger partial charge in [0.05, 0.1) is 14.2 Å². The highest BCUT2D eigenvalue weighted by Gasteiger charge is 2.33. The molecule has 198 valence electrons. The van der Waals surface area contributed by atoms with E-state index in [-0.39, 0.29) is 18.4 Å². The van der Waals surface area contributed by atoms with Crippen LogP contribution in [-0.4, -0.2) is 57.8 Å². The summed E-state index contributed by atoms with van der Waals surface area (Å²) in [5, 5.41) is 15.6. The lowest BCUT2D eigenvalue weighted by atomic mass is 10.0. The molecule has 0 radical (unpaired) electrons. The molecule has 2 amide bonds. The van der Waals surface area contributed by atoms with Crippen LogP contribution in [0.1, 0.15) is 46.1 Å². The summed E-state index contributed by atoms with van der Waals surface area (Å²) in [4.78, 5) is 29.8. The average Bonchev–Trinajstić information content (AvgIpc) is 3.30. The Bertz CT molecular complexity index is 1230. The van der Waals surface area contributed by atoms with E-state index in [0.717, 1.165) is 12.0 Å². The second-order valence-corrected chi connectivity index (χ2v) is 9.86. The maximum absolute atomic E-state index is 13.7. The Morgan fingerprint density at radius 3 is 2.43 bits per heavy atom. The number of carbonyl (C=O) groups excluding carboxylic acids is 2. The Morgan fingerprint density at radius 1 is 1.08 bits per heavy atom. The number of hydrogen-bond acceptors (Lipinski definition) is 7. The van der Waals surface area contributed by atoms with Gasteiger partial charge in [0.15, 0.2) is 11.5 Å². The molecule has 1 aromatic heterocycles. The molecule has 0 aliphatic rings. The van der Waals surface area contributed by atoms with Gasteiger partial charge in [-0.15, -0.1) is 10.2 Å². The minimum Gasteiger partial charge on any atom is -0.493 e. The standard InChI is InChI=1S/C27H36N6O4/c1-8-10-21(26(35)28-27(3,4)5)33(20-12-9-11-18(2)15-20)24(34)17-32-30-25(29-31-32)19-13-14-22(36-6)23(16-19)37-7/h9,11-16,21H,8,10,17H2,1-7H3,(H,28,35)/t21-/m1/s1. The van der Waals surface area contributed by atoms with E-state index < -0.39 is 11.6 Å². The first-order valence-corrected chi connectivity index (χ1v) is 12.3. The van der Waals surface area contributed by atoms with Gasteiger partial charge in [-0.1, -0.05) is 25.5 Å². The number of nitrogens with zero attached hydrogens (tertiary/aromatic N) is 5. The van der Waals surface area contributed by atoms with Crippen LogP contribution >= 0.6 is 0 Å². The zero-order valence-electron chi connectivity index (χ0n) is 22.6. The molecule has 0 saturated heterocycles. The lowest BCUT2D eigenvalue weighted by molar-refractivity contribution is -0.128. The zero-order valence-corrected chi connectivity index (χ0v) is 22.6. The maximum atomic E-state index is 13.7. The molecule has 1 N–H and O–H groups in total. The summed E-state index contributed by atoms with van der Waals surface area (Å²) >= 11 is 0. The van der Waals surface area contributed by atoms with Crippen molar-refractivity contribution < 1.29 is 19.1 Å². The van der Waals surface area contributed by atoms with E-state index in [9.17, 15) is 9.59 Å². The molecule has 3 rings (SSSR count). The number of tetrazole rings is 1. The van der Waals surface area contributed by atoms with Gasteiger partial charge in [0.2, 0.25) is 11.7 Å². The third kappa shape index (κ3) is 7.05. The van der Waals surface area contributed by atoms with Crippen LogP contribution in [0.4, 0.5) is 5.69 Å². The number of benzene rings is 2. The Labute approximate surface area is 217 Å². The van der Waals surface area contributed by atoms with Crippen molar-refractivity contribution in [3.05, 3.63) is 48.0 Å². The summed E-state index contributed by atoms with van der Waals surface area (Å²) in [6, 6.07) is 12.2. The van der Waals surface area contributed by atoms with Gasteiger partial charge in [-0.05, 0) is 75.2 Å². The molecule has 2 aromatic carbocycles. The van der Waals surface area contributed by atoms with Gasteiger partial charge in [0, 0.05) is 16.8 Å². The van der Waals surface area contributed by atoms with Gasteiger partial charge >= 0.3 is 0 Å². The summed E-state index contributed by atoms with van der Waals surface area (Å²) in [5.41, 5.74) is 1.86. The Morgan fingerprint density at radius 2 is 1.81 bits per heavy atom. The van der Waals surface area contributed by atoms with Gasteiger partial charge < -0.3 is 14.8 Å². The van der Waals surface area contributed by atoms with Crippen LogP contribution in [0.3, 0.4) is 0 Å². The lowest BCUT2D eigenvalue weighted by Gasteiger charge is -2.33. The van der Waals surface area contributed by atoms with Crippen LogP contribution in [0.25, 0.3) is 11.4 Å². The minimum atomic E-state index is -0.688. The first kappa shape index (κ1) is 27.6. The number of ether oxygens (including phenoxy) is 2. The van der Waals surface area contributed by atoms with Gasteiger partial charge in [-0.3, -0.25) is 14.5 Å². The molecular weight excluding hydrogens is 472 g/mol. The number of anilines is 1. The maximum Gasteiger partial charge on any atom is 0.251 e. The predicted molar refractivity (Wildman–Crippen MR) is 142 cm³/mol. The summed E-state index contributed by atoms with van der Waals surface area (Å²) in [6.07, 6.45) is 1.23. The molecule has 0 aliphatic heterocycles. The lowest BCUT2D eigenvalue weighted by Crippen LogP contribution is -2.54. The summed E-state index contributed by atoms with van der Waals surface area (Å²) < 4.78 is 10.6. The van der Waals surface area contributed by atoms with Crippen molar-refractivity contribution in [2.45, 2.75) is 65.6 Å². The van der Waals surface area contributed by atoms with Crippen LogP contribution in [0.5, 0.6) is 11.5 Å². The van der Waals surface area contributed by atoms with Gasteiger partial charge in [-0.2, -0.15) is 4.80 Å². The molecule has 0 saturated carbocycles. The van der Waals surface area contributed by atoms with Crippen LogP contribution in [0, 0.1) is 6.92 Å². The molecule has 0 spiro atoms. The molecule has 0 fully saturated rings. The van der Waals surface area contributed by atoms with E-state index in [2.05, 4.69) is 20.7 Å². The number of methoxy groups -OCH3 is 2. The third-order valence-electron chi connectivity index (χ3n) is 5.59. The molecule has 0 aliphatic carbocycles. The zero-order chi connectivity index (χ0) is 27.2. The van der Waals surface area contributed by atoms with Crippen molar-refractivity contribution >= 4 is 17.5 Å². The highest BCUT2D eigenvalue weighted by molar-refractivity contribution is 6.00. The number of amides is 2. The second-order valence-electron chi connectivity index (χ2n) is 9.86. The molecule has 37 heavy (non-hydrogen) atoms. The van der Waals surface area contributed by atoms with Gasteiger partial charge in [-0.25, -0.2) is 0 Å². The van der Waals surface area contributed by atoms with Crippen molar-refractivity contribution in [1.82, 2.24) is 25.5 Å². The molecule has 1 atom stereocenters. The first-order chi connectivity index (χ1) is 17.6. The fourth-order valence-corrected chi connectivity index (χ4v) is 3.98. The van der Waals surface area contributed by atoms with Crippen molar-refractivity contribution in [2.75, 3.05) is 19.1 Å². The number of aromatic nitrogens is 4. The third-order valence-corrected chi connectivity index (χ3v) is 5.59. The van der Waals surface area contributed by atoms with E-state index in [1.54, 1.807) is 37.3 Å². The van der Waals surface area contributed by atoms with Crippen molar-refractivity contribution in [2.24, 2.45) is 0 Å².